The predicted molar refractivity (Wildman–Crippen MR) is 123 cm³/mol. The second-order valence-electron chi connectivity index (χ2n) is 8.87. The van der Waals surface area contributed by atoms with E-state index >= 15 is 0 Å². The summed E-state index contributed by atoms with van der Waals surface area (Å²) >= 11 is 0. The van der Waals surface area contributed by atoms with Crippen molar-refractivity contribution in [2.45, 2.75) is 53.6 Å². The zero-order valence-corrected chi connectivity index (χ0v) is 19.8. The summed E-state index contributed by atoms with van der Waals surface area (Å²) in [6.07, 6.45) is 4.01. The number of nitrogens with zero attached hydrogens (tertiary/aromatic N) is 3. The highest BCUT2D eigenvalue weighted by Crippen LogP contribution is 2.38. The molecular formula is C26H28FN3O4. The number of aryl methyl sites for hydroxylation is 1. The summed E-state index contributed by atoms with van der Waals surface area (Å²) in [5, 5.41) is 7.92. The first-order chi connectivity index (χ1) is 16.2. The zero-order valence-electron chi connectivity index (χ0n) is 19.8. The predicted octanol–water partition coefficient (Wildman–Crippen LogP) is 4.43. The number of ether oxygens (including phenoxy) is 2. The number of carbonyl (C=O) groups is 2. The van der Waals surface area contributed by atoms with Crippen LogP contribution in [-0.4, -0.2) is 26.9 Å². The number of halogens is 1. The van der Waals surface area contributed by atoms with Gasteiger partial charge in [-0.2, -0.15) is 0 Å². The van der Waals surface area contributed by atoms with Gasteiger partial charge in [0.05, 0.1) is 12.1 Å². The average molecular weight is 466 g/mol. The van der Waals surface area contributed by atoms with Crippen molar-refractivity contribution in [1.29, 1.82) is 0 Å². The highest BCUT2D eigenvalue weighted by atomic mass is 19.1. The van der Waals surface area contributed by atoms with Gasteiger partial charge in [-0.25, -0.2) is 9.07 Å². The maximum Gasteiger partial charge on any atom is 0.309 e. The van der Waals surface area contributed by atoms with Gasteiger partial charge >= 0.3 is 11.9 Å². The maximum absolute atomic E-state index is 14.0. The van der Waals surface area contributed by atoms with Gasteiger partial charge in [0.1, 0.15) is 29.6 Å². The van der Waals surface area contributed by atoms with Crippen LogP contribution in [0.2, 0.25) is 0 Å². The Balaban J connectivity index is 1.41. The van der Waals surface area contributed by atoms with Gasteiger partial charge in [-0.15, -0.1) is 5.10 Å². The summed E-state index contributed by atoms with van der Waals surface area (Å²) in [7, 11) is 0. The SMILES string of the molecule is CC(=O)Oc1cc(C)c2c(c1C)C[C@H]([C@@H](C)C(=O)OCc1cn(-c3ccccc3F)nn1)CC2. The lowest BCUT2D eigenvalue weighted by Crippen LogP contribution is -2.29. The lowest BCUT2D eigenvalue weighted by Gasteiger charge is -2.31. The van der Waals surface area contributed by atoms with Gasteiger partial charge in [0.15, 0.2) is 0 Å². The van der Waals surface area contributed by atoms with Crippen molar-refractivity contribution >= 4 is 11.9 Å². The van der Waals surface area contributed by atoms with Gasteiger partial charge in [-0.1, -0.05) is 24.3 Å². The monoisotopic (exact) mass is 465 g/mol. The van der Waals surface area contributed by atoms with Crippen LogP contribution in [0.25, 0.3) is 5.69 Å². The number of benzene rings is 2. The minimum atomic E-state index is -0.412. The van der Waals surface area contributed by atoms with E-state index in [-0.39, 0.29) is 36.1 Å². The van der Waals surface area contributed by atoms with E-state index < -0.39 is 5.82 Å². The van der Waals surface area contributed by atoms with E-state index in [0.29, 0.717) is 11.4 Å². The Hall–Kier alpha value is -3.55. The molecule has 34 heavy (non-hydrogen) atoms. The fourth-order valence-electron chi connectivity index (χ4n) is 4.60. The molecule has 4 rings (SSSR count). The molecule has 1 heterocycles. The minimum absolute atomic E-state index is 0.0321. The summed E-state index contributed by atoms with van der Waals surface area (Å²) < 4.78 is 26.2. The Morgan fingerprint density at radius 1 is 1.24 bits per heavy atom. The highest BCUT2D eigenvalue weighted by Gasteiger charge is 2.31. The molecule has 0 saturated heterocycles. The van der Waals surface area contributed by atoms with Crippen molar-refractivity contribution in [3.63, 3.8) is 0 Å². The number of hydrogen-bond acceptors (Lipinski definition) is 6. The van der Waals surface area contributed by atoms with Crippen LogP contribution < -0.4 is 4.74 Å². The lowest BCUT2D eigenvalue weighted by molar-refractivity contribution is -0.151. The minimum Gasteiger partial charge on any atom is -0.459 e. The molecule has 0 radical (unpaired) electrons. The van der Waals surface area contributed by atoms with Gasteiger partial charge in [-0.3, -0.25) is 9.59 Å². The van der Waals surface area contributed by atoms with Gasteiger partial charge in [0.2, 0.25) is 0 Å². The molecule has 178 valence electrons. The van der Waals surface area contributed by atoms with Gasteiger partial charge < -0.3 is 9.47 Å². The van der Waals surface area contributed by atoms with Crippen molar-refractivity contribution in [2.75, 3.05) is 0 Å². The Kier molecular flexibility index (Phi) is 6.77. The van der Waals surface area contributed by atoms with Crippen molar-refractivity contribution in [3.8, 4) is 11.4 Å². The van der Waals surface area contributed by atoms with E-state index in [1.807, 2.05) is 26.8 Å². The molecule has 0 saturated carbocycles. The molecule has 0 unspecified atom stereocenters. The second kappa shape index (κ2) is 9.75. The quantitative estimate of drug-likeness (QED) is 0.396. The first-order valence-electron chi connectivity index (χ1n) is 11.4. The zero-order chi connectivity index (χ0) is 24.4. The Morgan fingerprint density at radius 2 is 2.00 bits per heavy atom. The molecule has 3 aromatic rings. The van der Waals surface area contributed by atoms with E-state index in [9.17, 15) is 14.0 Å². The average Bonchev–Trinajstić information content (AvgIpc) is 3.28. The van der Waals surface area contributed by atoms with Crippen molar-refractivity contribution in [3.05, 3.63) is 70.3 Å². The second-order valence-corrected chi connectivity index (χ2v) is 8.87. The van der Waals surface area contributed by atoms with Crippen LogP contribution in [0.5, 0.6) is 5.75 Å². The van der Waals surface area contributed by atoms with E-state index in [0.717, 1.165) is 36.0 Å². The fourth-order valence-corrected chi connectivity index (χ4v) is 4.60. The molecule has 0 aliphatic heterocycles. The highest BCUT2D eigenvalue weighted by molar-refractivity contribution is 5.73. The van der Waals surface area contributed by atoms with Crippen molar-refractivity contribution in [1.82, 2.24) is 15.0 Å². The molecule has 0 spiro atoms. The summed E-state index contributed by atoms with van der Waals surface area (Å²) in [6, 6.07) is 8.17. The molecule has 0 bridgehead atoms. The number of hydrogen-bond donors (Lipinski definition) is 0. The summed E-state index contributed by atoms with van der Waals surface area (Å²) in [4.78, 5) is 24.3. The molecule has 2 atom stereocenters. The summed E-state index contributed by atoms with van der Waals surface area (Å²) in [5.41, 5.74) is 5.19. The van der Waals surface area contributed by atoms with Crippen LogP contribution in [0.4, 0.5) is 4.39 Å². The number of esters is 2. The molecule has 0 N–H and O–H groups in total. The van der Waals surface area contributed by atoms with E-state index in [4.69, 9.17) is 9.47 Å². The molecule has 1 aliphatic carbocycles. The largest absolute Gasteiger partial charge is 0.459 e. The Bertz CT molecular complexity index is 1240. The molecular weight excluding hydrogens is 437 g/mol. The van der Waals surface area contributed by atoms with Gasteiger partial charge in [-0.05, 0) is 79.5 Å². The van der Waals surface area contributed by atoms with Crippen LogP contribution in [0.3, 0.4) is 0 Å². The molecule has 0 amide bonds. The van der Waals surface area contributed by atoms with E-state index in [2.05, 4.69) is 10.3 Å². The van der Waals surface area contributed by atoms with Crippen LogP contribution in [0, 0.1) is 31.5 Å². The Morgan fingerprint density at radius 3 is 2.74 bits per heavy atom. The van der Waals surface area contributed by atoms with Crippen LogP contribution in [0.1, 0.15) is 48.2 Å². The molecule has 8 heteroatoms. The number of aromatic nitrogens is 3. The molecule has 7 nitrogen and oxygen atoms in total. The number of fused-ring (bicyclic) bond motifs is 1. The summed E-state index contributed by atoms with van der Waals surface area (Å²) in [5.74, 6) is -0.688. The van der Waals surface area contributed by atoms with Crippen molar-refractivity contribution in [2.24, 2.45) is 11.8 Å². The van der Waals surface area contributed by atoms with Crippen LogP contribution in [-0.2, 0) is 33.8 Å². The van der Waals surface area contributed by atoms with Crippen LogP contribution in [0.15, 0.2) is 36.5 Å². The molecule has 2 aromatic carbocycles. The van der Waals surface area contributed by atoms with Gasteiger partial charge in [0.25, 0.3) is 0 Å². The molecule has 0 fully saturated rings. The van der Waals surface area contributed by atoms with Crippen LogP contribution >= 0.6 is 0 Å². The fraction of sp³-hybridized carbons (Fsp3) is 0.385. The molecule has 1 aromatic heterocycles. The number of carbonyl (C=O) groups excluding carboxylic acids is 2. The van der Waals surface area contributed by atoms with Gasteiger partial charge in [0, 0.05) is 6.92 Å². The third-order valence-corrected chi connectivity index (χ3v) is 6.58. The normalized spacial score (nSPS) is 16.0. The molecule has 1 aliphatic rings. The number of para-hydroxylation sites is 1. The van der Waals surface area contributed by atoms with E-state index in [1.54, 1.807) is 24.4 Å². The third-order valence-electron chi connectivity index (χ3n) is 6.58. The standard InChI is InChI=1S/C26H28FN3O4/c1-15-11-25(34-18(4)31)17(3)22-12-19(9-10-21(15)22)16(2)26(32)33-14-20-13-30(29-28-20)24-8-6-5-7-23(24)27/h5-8,11,13,16,19H,9-10,12,14H2,1-4H3/t16-,19-/m1/s1. The lowest BCUT2D eigenvalue weighted by atomic mass is 9.75. The maximum atomic E-state index is 14.0. The topological polar surface area (TPSA) is 83.3 Å². The smallest absolute Gasteiger partial charge is 0.309 e. The Labute approximate surface area is 197 Å². The summed E-state index contributed by atoms with van der Waals surface area (Å²) in [6.45, 7) is 7.23. The third kappa shape index (κ3) is 4.85. The van der Waals surface area contributed by atoms with E-state index in [1.165, 1.54) is 23.2 Å². The number of rotatable bonds is 6. The first-order valence-corrected chi connectivity index (χ1v) is 11.4. The van der Waals surface area contributed by atoms with Crippen molar-refractivity contribution < 1.29 is 23.5 Å². The first kappa shape index (κ1) is 23.6.